The molecule has 2 aliphatic rings. The Labute approximate surface area is 86.8 Å². The zero-order chi connectivity index (χ0) is 9.54. The molecule has 2 unspecified atom stereocenters. The van der Waals surface area contributed by atoms with E-state index in [0.717, 1.165) is 28.8 Å². The molecular weight excluding hydrogens is 196 g/mol. The van der Waals surface area contributed by atoms with Crippen LogP contribution >= 0.6 is 11.3 Å². The highest BCUT2D eigenvalue weighted by atomic mass is 32.1. The number of piperidine rings is 1. The lowest BCUT2D eigenvalue weighted by atomic mass is 10.1. The van der Waals surface area contributed by atoms with Crippen molar-refractivity contribution >= 4 is 22.8 Å². The van der Waals surface area contributed by atoms with Gasteiger partial charge in [0.2, 0.25) is 0 Å². The maximum Gasteiger partial charge on any atom is 0.186 e. The van der Waals surface area contributed by atoms with E-state index in [1.807, 2.05) is 0 Å². The van der Waals surface area contributed by atoms with E-state index in [4.69, 9.17) is 0 Å². The van der Waals surface area contributed by atoms with E-state index in [0.29, 0.717) is 6.04 Å². The quantitative estimate of drug-likeness (QED) is 0.696. The van der Waals surface area contributed by atoms with Crippen molar-refractivity contribution in [3.05, 3.63) is 11.1 Å². The number of aldehydes is 1. The summed E-state index contributed by atoms with van der Waals surface area (Å²) in [6.07, 6.45) is 6.58. The molecule has 2 atom stereocenters. The van der Waals surface area contributed by atoms with Gasteiger partial charge in [-0.15, -0.1) is 0 Å². The third-order valence-corrected chi connectivity index (χ3v) is 4.24. The van der Waals surface area contributed by atoms with E-state index >= 15 is 0 Å². The number of anilines is 1. The van der Waals surface area contributed by atoms with Crippen molar-refractivity contribution in [1.82, 2.24) is 4.98 Å². The number of carbonyl (C=O) groups is 1. The maximum atomic E-state index is 10.5. The Morgan fingerprint density at radius 1 is 1.57 bits per heavy atom. The molecule has 3 rings (SSSR count). The third kappa shape index (κ3) is 1.17. The summed E-state index contributed by atoms with van der Waals surface area (Å²) in [4.78, 5) is 18.0. The number of nitrogens with zero attached hydrogens (tertiary/aromatic N) is 2. The van der Waals surface area contributed by atoms with Crippen molar-refractivity contribution < 1.29 is 4.79 Å². The van der Waals surface area contributed by atoms with E-state index in [2.05, 4.69) is 9.88 Å². The second-order valence-corrected chi connectivity index (χ2v) is 5.19. The van der Waals surface area contributed by atoms with Crippen LogP contribution in [-0.4, -0.2) is 23.9 Å². The molecule has 1 aliphatic carbocycles. The minimum absolute atomic E-state index is 0.700. The van der Waals surface area contributed by atoms with Gasteiger partial charge in [0, 0.05) is 12.6 Å². The molecule has 2 fully saturated rings. The van der Waals surface area contributed by atoms with E-state index in [1.165, 1.54) is 30.6 Å². The lowest BCUT2D eigenvalue weighted by molar-refractivity contribution is 0.112. The van der Waals surface area contributed by atoms with Crippen LogP contribution < -0.4 is 4.90 Å². The molecular formula is C10H12N2OS. The Morgan fingerprint density at radius 2 is 2.50 bits per heavy atom. The summed E-state index contributed by atoms with van der Waals surface area (Å²) in [6.45, 7) is 1.15. The predicted molar refractivity (Wildman–Crippen MR) is 56.0 cm³/mol. The Balaban J connectivity index is 1.85. The van der Waals surface area contributed by atoms with Crippen LogP contribution in [0, 0.1) is 5.92 Å². The van der Waals surface area contributed by atoms with Crippen LogP contribution in [0.3, 0.4) is 0 Å². The number of hydrogen-bond acceptors (Lipinski definition) is 4. The Bertz CT molecular complexity index is 363. The highest BCUT2D eigenvalue weighted by Gasteiger charge is 2.38. The third-order valence-electron chi connectivity index (χ3n) is 3.28. The van der Waals surface area contributed by atoms with Gasteiger partial charge in [-0.1, -0.05) is 11.3 Å². The summed E-state index contributed by atoms with van der Waals surface area (Å²) < 4.78 is 0. The lowest BCUT2D eigenvalue weighted by Gasteiger charge is -2.26. The number of rotatable bonds is 2. The molecule has 1 saturated carbocycles. The fourth-order valence-electron chi connectivity index (χ4n) is 2.62. The monoisotopic (exact) mass is 208 g/mol. The highest BCUT2D eigenvalue weighted by Crippen LogP contribution is 2.41. The number of aromatic nitrogens is 1. The SMILES string of the molecule is O=Cc1cnc(N2CC3CCC2C3)s1. The first kappa shape index (κ1) is 8.41. The first-order valence-corrected chi connectivity index (χ1v) is 5.86. The lowest BCUT2D eigenvalue weighted by Crippen LogP contribution is -2.31. The van der Waals surface area contributed by atoms with Crippen LogP contribution in [0.4, 0.5) is 5.13 Å². The second-order valence-electron chi connectivity index (χ2n) is 4.15. The summed E-state index contributed by atoms with van der Waals surface area (Å²) in [5, 5.41) is 1.04. The van der Waals surface area contributed by atoms with Crippen molar-refractivity contribution in [2.75, 3.05) is 11.4 Å². The standard InChI is InChI=1S/C10H12N2OS/c13-6-9-4-11-10(14-9)12-5-7-1-2-8(12)3-7/h4,6-8H,1-3,5H2. The molecule has 1 aliphatic heterocycles. The molecule has 4 heteroatoms. The molecule has 2 bridgehead atoms. The summed E-state index contributed by atoms with van der Waals surface area (Å²) in [7, 11) is 0. The predicted octanol–water partition coefficient (Wildman–Crippen LogP) is 1.94. The summed E-state index contributed by atoms with van der Waals surface area (Å²) in [5.41, 5.74) is 0. The van der Waals surface area contributed by atoms with E-state index in [1.54, 1.807) is 6.20 Å². The number of hydrogen-bond donors (Lipinski definition) is 0. The van der Waals surface area contributed by atoms with Crippen LogP contribution in [0.25, 0.3) is 0 Å². The van der Waals surface area contributed by atoms with E-state index in [9.17, 15) is 4.79 Å². The van der Waals surface area contributed by atoms with E-state index < -0.39 is 0 Å². The molecule has 0 N–H and O–H groups in total. The Kier molecular flexibility index (Phi) is 1.83. The number of carbonyl (C=O) groups excluding carboxylic acids is 1. The largest absolute Gasteiger partial charge is 0.345 e. The molecule has 0 amide bonds. The van der Waals surface area contributed by atoms with Crippen molar-refractivity contribution in [3.8, 4) is 0 Å². The molecule has 3 nitrogen and oxygen atoms in total. The van der Waals surface area contributed by atoms with Crippen molar-refractivity contribution in [2.45, 2.75) is 25.3 Å². The molecule has 0 aromatic carbocycles. The minimum Gasteiger partial charge on any atom is -0.345 e. The van der Waals surface area contributed by atoms with Gasteiger partial charge in [0.05, 0.1) is 11.1 Å². The molecule has 74 valence electrons. The summed E-state index contributed by atoms with van der Waals surface area (Å²) in [6, 6.07) is 0.700. The highest BCUT2D eigenvalue weighted by molar-refractivity contribution is 7.17. The van der Waals surface area contributed by atoms with Crippen LogP contribution in [0.5, 0.6) is 0 Å². The van der Waals surface area contributed by atoms with Crippen molar-refractivity contribution in [1.29, 1.82) is 0 Å². The fourth-order valence-corrected chi connectivity index (χ4v) is 3.43. The average Bonchev–Trinajstić information content (AvgIpc) is 2.93. The van der Waals surface area contributed by atoms with Crippen LogP contribution in [0.2, 0.25) is 0 Å². The molecule has 14 heavy (non-hydrogen) atoms. The molecule has 0 spiro atoms. The zero-order valence-electron chi connectivity index (χ0n) is 7.85. The Hall–Kier alpha value is -0.900. The topological polar surface area (TPSA) is 33.2 Å². The van der Waals surface area contributed by atoms with Crippen molar-refractivity contribution in [2.24, 2.45) is 5.92 Å². The van der Waals surface area contributed by atoms with Gasteiger partial charge in [0.15, 0.2) is 11.4 Å². The average molecular weight is 208 g/mol. The van der Waals surface area contributed by atoms with Crippen LogP contribution in [0.15, 0.2) is 6.20 Å². The van der Waals surface area contributed by atoms with Gasteiger partial charge in [-0.25, -0.2) is 4.98 Å². The van der Waals surface area contributed by atoms with Gasteiger partial charge >= 0.3 is 0 Å². The molecule has 1 saturated heterocycles. The molecule has 2 heterocycles. The Morgan fingerprint density at radius 3 is 3.07 bits per heavy atom. The molecule has 1 aromatic rings. The maximum absolute atomic E-state index is 10.5. The first-order chi connectivity index (χ1) is 6.86. The summed E-state index contributed by atoms with van der Waals surface area (Å²) in [5.74, 6) is 0.878. The van der Waals surface area contributed by atoms with Gasteiger partial charge in [0.1, 0.15) is 0 Å². The smallest absolute Gasteiger partial charge is 0.186 e. The summed E-state index contributed by atoms with van der Waals surface area (Å²) >= 11 is 1.52. The van der Waals surface area contributed by atoms with E-state index in [-0.39, 0.29) is 0 Å². The van der Waals surface area contributed by atoms with Gasteiger partial charge in [-0.3, -0.25) is 4.79 Å². The molecule has 1 aromatic heterocycles. The fraction of sp³-hybridized carbons (Fsp3) is 0.600. The minimum atomic E-state index is 0.700. The number of fused-ring (bicyclic) bond motifs is 2. The van der Waals surface area contributed by atoms with Gasteiger partial charge in [0.25, 0.3) is 0 Å². The van der Waals surface area contributed by atoms with Crippen LogP contribution in [-0.2, 0) is 0 Å². The second kappa shape index (κ2) is 3.05. The molecule has 0 radical (unpaired) electrons. The van der Waals surface area contributed by atoms with Crippen LogP contribution in [0.1, 0.15) is 28.9 Å². The first-order valence-electron chi connectivity index (χ1n) is 5.04. The normalized spacial score (nSPS) is 29.9. The zero-order valence-corrected chi connectivity index (χ0v) is 8.67. The van der Waals surface area contributed by atoms with Gasteiger partial charge in [-0.2, -0.15) is 0 Å². The van der Waals surface area contributed by atoms with Gasteiger partial charge in [-0.05, 0) is 25.2 Å². The van der Waals surface area contributed by atoms with Crippen molar-refractivity contribution in [3.63, 3.8) is 0 Å². The van der Waals surface area contributed by atoms with Gasteiger partial charge < -0.3 is 4.90 Å². The number of thiazole rings is 1.